The minimum atomic E-state index is -1.17. The number of aliphatic carboxylic acids is 2. The molecular weight excluding hydrogens is 446 g/mol. The van der Waals surface area contributed by atoms with Gasteiger partial charge in [-0.2, -0.15) is 0 Å². The Balaban J connectivity index is 1.84. The first kappa shape index (κ1) is 22.2. The van der Waals surface area contributed by atoms with E-state index in [1.54, 1.807) is 36.4 Å². The summed E-state index contributed by atoms with van der Waals surface area (Å²) in [7, 11) is 1.51. The number of aromatic amines is 1. The maximum atomic E-state index is 11.7. The predicted octanol–water partition coefficient (Wildman–Crippen LogP) is 3.81. The molecule has 0 fully saturated rings. The van der Waals surface area contributed by atoms with Gasteiger partial charge in [-0.3, -0.25) is 5.10 Å². The highest BCUT2D eigenvalue weighted by Crippen LogP contribution is 2.33. The molecule has 11 heteroatoms. The van der Waals surface area contributed by atoms with E-state index in [9.17, 15) is 14.7 Å². The summed E-state index contributed by atoms with van der Waals surface area (Å²) in [5.41, 5.74) is 1.10. The van der Waals surface area contributed by atoms with Gasteiger partial charge in [0.15, 0.2) is 12.4 Å². The molecule has 0 atom stereocenters. The quantitative estimate of drug-likeness (QED) is 0.321. The van der Waals surface area contributed by atoms with Gasteiger partial charge in [0, 0.05) is 5.02 Å². The molecule has 160 valence electrons. The van der Waals surface area contributed by atoms with E-state index in [1.807, 2.05) is 0 Å². The van der Waals surface area contributed by atoms with Crippen molar-refractivity contribution in [2.75, 3.05) is 13.7 Å². The number of halogens is 1. The zero-order valence-electron chi connectivity index (χ0n) is 16.0. The van der Waals surface area contributed by atoms with Crippen LogP contribution >= 0.6 is 23.4 Å². The number of hydrogen-bond donors (Lipinski definition) is 3. The molecule has 1 heterocycles. The summed E-state index contributed by atoms with van der Waals surface area (Å²) in [5.74, 6) is -1.08. The molecule has 0 aliphatic carbocycles. The number of H-pyrrole nitrogens is 1. The molecule has 3 N–H and O–H groups in total. The van der Waals surface area contributed by atoms with Crippen LogP contribution in [0.5, 0.6) is 11.5 Å². The fourth-order valence-corrected chi connectivity index (χ4v) is 3.38. The van der Waals surface area contributed by atoms with Gasteiger partial charge in [-0.15, -0.1) is 5.10 Å². The van der Waals surface area contributed by atoms with Crippen LogP contribution in [0.4, 0.5) is 0 Å². The van der Waals surface area contributed by atoms with E-state index in [2.05, 4.69) is 15.2 Å². The third-order valence-corrected chi connectivity index (χ3v) is 4.92. The van der Waals surface area contributed by atoms with Crippen molar-refractivity contribution < 1.29 is 29.3 Å². The topological polar surface area (TPSA) is 135 Å². The summed E-state index contributed by atoms with van der Waals surface area (Å²) < 4.78 is 10.4. The Bertz CT molecular complexity index is 1150. The molecule has 0 amide bonds. The van der Waals surface area contributed by atoms with Gasteiger partial charge in [-0.05, 0) is 53.7 Å². The molecule has 0 spiro atoms. The maximum Gasteiger partial charge on any atom is 0.342 e. The van der Waals surface area contributed by atoms with Crippen LogP contribution in [0.2, 0.25) is 5.02 Å². The molecule has 1 aromatic heterocycles. The first-order valence-electron chi connectivity index (χ1n) is 8.69. The van der Waals surface area contributed by atoms with Gasteiger partial charge in [-0.1, -0.05) is 23.7 Å². The van der Waals surface area contributed by atoms with Crippen LogP contribution < -0.4 is 9.47 Å². The maximum absolute atomic E-state index is 11.7. The van der Waals surface area contributed by atoms with Crippen LogP contribution in [-0.4, -0.2) is 51.0 Å². The van der Waals surface area contributed by atoms with E-state index < -0.39 is 18.5 Å². The number of nitrogens with one attached hydrogen (secondary N) is 1. The average Bonchev–Trinajstić information content (AvgIpc) is 3.20. The van der Waals surface area contributed by atoms with Crippen molar-refractivity contribution in [2.24, 2.45) is 0 Å². The molecule has 31 heavy (non-hydrogen) atoms. The van der Waals surface area contributed by atoms with Crippen LogP contribution in [0.25, 0.3) is 17.5 Å². The highest BCUT2D eigenvalue weighted by Gasteiger charge is 2.16. The van der Waals surface area contributed by atoms with Gasteiger partial charge >= 0.3 is 11.9 Å². The number of carboxylic acids is 2. The fourth-order valence-electron chi connectivity index (χ4n) is 2.50. The lowest BCUT2D eigenvalue weighted by molar-refractivity contribution is -0.139. The van der Waals surface area contributed by atoms with Gasteiger partial charge in [0.05, 0.1) is 12.7 Å². The standard InChI is InChI=1S/C20H16ClN3O6S/c1-29-15-6-5-12(21)9-14(15)18-22-20(24-23-18)31-16(19(27)28)8-11-3-2-4-13(7-11)30-10-17(25)26/h2-9H,10H2,1H3,(H,25,26)(H,27,28)(H,22,23,24)/b16-8-. The monoisotopic (exact) mass is 461 g/mol. The zero-order chi connectivity index (χ0) is 22.4. The van der Waals surface area contributed by atoms with Crippen LogP contribution in [0.3, 0.4) is 0 Å². The minimum absolute atomic E-state index is 0.0426. The van der Waals surface area contributed by atoms with E-state index in [1.165, 1.54) is 19.3 Å². The van der Waals surface area contributed by atoms with Crippen molar-refractivity contribution in [1.82, 2.24) is 15.2 Å². The van der Waals surface area contributed by atoms with Gasteiger partial charge < -0.3 is 19.7 Å². The summed E-state index contributed by atoms with van der Waals surface area (Å²) in [6.45, 7) is -0.499. The Hall–Kier alpha value is -3.50. The van der Waals surface area contributed by atoms with E-state index in [0.717, 1.165) is 11.8 Å². The average molecular weight is 462 g/mol. The third kappa shape index (κ3) is 6.00. The second-order valence-electron chi connectivity index (χ2n) is 5.98. The molecule has 9 nitrogen and oxygen atoms in total. The first-order valence-corrected chi connectivity index (χ1v) is 9.89. The molecular formula is C20H16ClN3O6S. The smallest absolute Gasteiger partial charge is 0.342 e. The summed E-state index contributed by atoms with van der Waals surface area (Å²) in [6, 6.07) is 11.4. The molecule has 0 unspecified atom stereocenters. The van der Waals surface area contributed by atoms with Gasteiger partial charge in [0.2, 0.25) is 5.16 Å². The Kier molecular flexibility index (Phi) is 7.16. The number of ether oxygens (including phenoxy) is 2. The molecule has 0 aliphatic heterocycles. The summed E-state index contributed by atoms with van der Waals surface area (Å²) >= 11 is 6.89. The number of rotatable bonds is 9. The van der Waals surface area contributed by atoms with Gasteiger partial charge in [0.25, 0.3) is 0 Å². The fraction of sp³-hybridized carbons (Fsp3) is 0.100. The Morgan fingerprint density at radius 1 is 1.23 bits per heavy atom. The van der Waals surface area contributed by atoms with Crippen LogP contribution in [-0.2, 0) is 9.59 Å². The highest BCUT2D eigenvalue weighted by molar-refractivity contribution is 8.04. The number of methoxy groups -OCH3 is 1. The number of thioether (sulfide) groups is 1. The molecule has 3 aromatic rings. The molecule has 2 aromatic carbocycles. The van der Waals surface area contributed by atoms with Crippen molar-refractivity contribution in [3.63, 3.8) is 0 Å². The van der Waals surface area contributed by atoms with Gasteiger partial charge in [0.1, 0.15) is 16.4 Å². The second-order valence-corrected chi connectivity index (χ2v) is 7.43. The first-order chi connectivity index (χ1) is 14.9. The van der Waals surface area contributed by atoms with Crippen molar-refractivity contribution in [3.8, 4) is 22.9 Å². The van der Waals surface area contributed by atoms with E-state index in [4.69, 9.17) is 26.2 Å². The van der Waals surface area contributed by atoms with Crippen LogP contribution in [0, 0.1) is 0 Å². The van der Waals surface area contributed by atoms with E-state index >= 15 is 0 Å². The van der Waals surface area contributed by atoms with Gasteiger partial charge in [-0.25, -0.2) is 14.6 Å². The second kappa shape index (κ2) is 10.0. The van der Waals surface area contributed by atoms with Crippen molar-refractivity contribution in [1.29, 1.82) is 0 Å². The normalized spacial score (nSPS) is 11.2. The van der Waals surface area contributed by atoms with Crippen LogP contribution in [0.1, 0.15) is 5.56 Å². The van der Waals surface area contributed by atoms with E-state index in [-0.39, 0.29) is 10.1 Å². The lowest BCUT2D eigenvalue weighted by Crippen LogP contribution is -2.09. The number of benzene rings is 2. The lowest BCUT2D eigenvalue weighted by atomic mass is 10.2. The SMILES string of the molecule is COc1ccc(Cl)cc1-c1nc(S/C(=C\c2cccc(OCC(=O)O)c2)C(=O)O)n[nH]1. The number of carbonyl (C=O) groups is 2. The molecule has 0 bridgehead atoms. The molecule has 3 rings (SSSR count). The molecule has 0 saturated carbocycles. The number of hydrogen-bond acceptors (Lipinski definition) is 7. The highest BCUT2D eigenvalue weighted by atomic mass is 35.5. The summed E-state index contributed by atoms with van der Waals surface area (Å²) in [4.78, 5) is 26.7. The van der Waals surface area contributed by atoms with Crippen molar-refractivity contribution in [2.45, 2.75) is 5.16 Å². The Morgan fingerprint density at radius 2 is 2.03 bits per heavy atom. The Labute approximate surface area is 185 Å². The number of carboxylic acid groups (broad SMARTS) is 2. The zero-order valence-corrected chi connectivity index (χ0v) is 17.6. The summed E-state index contributed by atoms with van der Waals surface area (Å²) in [5, 5.41) is 25.8. The van der Waals surface area contributed by atoms with Crippen molar-refractivity contribution in [3.05, 3.63) is 58.0 Å². The molecule has 0 saturated heterocycles. The number of nitrogens with zero attached hydrogens (tertiary/aromatic N) is 2. The van der Waals surface area contributed by atoms with E-state index in [0.29, 0.717) is 33.5 Å². The third-order valence-electron chi connectivity index (χ3n) is 3.81. The minimum Gasteiger partial charge on any atom is -0.496 e. The largest absolute Gasteiger partial charge is 0.496 e. The number of aromatic nitrogens is 3. The molecule has 0 aliphatic rings. The predicted molar refractivity (Wildman–Crippen MR) is 114 cm³/mol. The summed E-state index contributed by atoms with van der Waals surface area (Å²) in [6.07, 6.45) is 1.41. The molecule has 0 radical (unpaired) electrons. The Morgan fingerprint density at radius 3 is 2.74 bits per heavy atom. The lowest BCUT2D eigenvalue weighted by Gasteiger charge is -2.05. The van der Waals surface area contributed by atoms with Crippen molar-refractivity contribution >= 4 is 41.4 Å². The van der Waals surface area contributed by atoms with Crippen LogP contribution in [0.15, 0.2) is 52.5 Å².